The van der Waals surface area contributed by atoms with E-state index in [0.29, 0.717) is 24.2 Å². The molecule has 4 heteroatoms. The van der Waals surface area contributed by atoms with Gasteiger partial charge in [-0.1, -0.05) is 27.7 Å². The van der Waals surface area contributed by atoms with Gasteiger partial charge in [0, 0.05) is 12.3 Å². The standard InChI is InChI=1S/C12H26O4/c1-7(2)9(4)8(3)5-10(12(15)16)6-11(13)14/h7-16H,5-6H2,1-4H3. The quantitative estimate of drug-likeness (QED) is 0.494. The van der Waals surface area contributed by atoms with Crippen LogP contribution in [0.5, 0.6) is 0 Å². The molecular formula is C12H26O4. The van der Waals surface area contributed by atoms with Gasteiger partial charge in [-0.25, -0.2) is 0 Å². The molecule has 0 fully saturated rings. The molecule has 0 saturated heterocycles. The van der Waals surface area contributed by atoms with Crippen LogP contribution in [-0.4, -0.2) is 33.0 Å². The third kappa shape index (κ3) is 5.80. The largest absolute Gasteiger partial charge is 0.368 e. The third-order valence-electron chi connectivity index (χ3n) is 3.56. The van der Waals surface area contributed by atoms with Gasteiger partial charge in [-0.2, -0.15) is 0 Å². The van der Waals surface area contributed by atoms with Crippen LogP contribution in [0.25, 0.3) is 0 Å². The second-order valence-electron chi connectivity index (χ2n) is 5.21. The molecule has 0 bridgehead atoms. The Labute approximate surface area is 97.9 Å². The van der Waals surface area contributed by atoms with Crippen molar-refractivity contribution >= 4 is 0 Å². The van der Waals surface area contributed by atoms with Gasteiger partial charge < -0.3 is 20.4 Å². The zero-order valence-electron chi connectivity index (χ0n) is 10.7. The lowest BCUT2D eigenvalue weighted by atomic mass is 9.80. The molecule has 0 aliphatic rings. The first-order valence-corrected chi connectivity index (χ1v) is 5.98. The molecule has 4 N–H and O–H groups in total. The average molecular weight is 234 g/mol. The van der Waals surface area contributed by atoms with E-state index in [2.05, 4.69) is 27.7 Å². The highest BCUT2D eigenvalue weighted by atomic mass is 16.5. The minimum atomic E-state index is -1.48. The first-order chi connectivity index (χ1) is 7.25. The zero-order valence-corrected chi connectivity index (χ0v) is 10.7. The molecule has 0 aromatic heterocycles. The van der Waals surface area contributed by atoms with Crippen LogP contribution in [-0.2, 0) is 0 Å². The first-order valence-electron chi connectivity index (χ1n) is 5.98. The van der Waals surface area contributed by atoms with Gasteiger partial charge in [0.25, 0.3) is 0 Å². The Morgan fingerprint density at radius 1 is 0.812 bits per heavy atom. The molecule has 0 rings (SSSR count). The first kappa shape index (κ1) is 15.8. The fraction of sp³-hybridized carbons (Fsp3) is 1.00. The third-order valence-corrected chi connectivity index (χ3v) is 3.56. The smallest absolute Gasteiger partial charge is 0.154 e. The van der Waals surface area contributed by atoms with Gasteiger partial charge in [0.2, 0.25) is 0 Å². The second-order valence-corrected chi connectivity index (χ2v) is 5.21. The number of hydrogen-bond donors (Lipinski definition) is 4. The van der Waals surface area contributed by atoms with E-state index in [4.69, 9.17) is 20.4 Å². The van der Waals surface area contributed by atoms with E-state index in [1.165, 1.54) is 0 Å². The lowest BCUT2D eigenvalue weighted by molar-refractivity contribution is -0.129. The molecule has 0 aromatic carbocycles. The summed E-state index contributed by atoms with van der Waals surface area (Å²) in [6.45, 7) is 8.45. The average Bonchev–Trinajstić information content (AvgIpc) is 2.14. The summed E-state index contributed by atoms with van der Waals surface area (Å²) in [5, 5.41) is 36.1. The van der Waals surface area contributed by atoms with Crippen molar-refractivity contribution in [2.75, 3.05) is 0 Å². The monoisotopic (exact) mass is 234 g/mol. The van der Waals surface area contributed by atoms with Crippen molar-refractivity contribution < 1.29 is 20.4 Å². The normalized spacial score (nSPS) is 18.2. The van der Waals surface area contributed by atoms with Crippen molar-refractivity contribution in [3.8, 4) is 0 Å². The van der Waals surface area contributed by atoms with Gasteiger partial charge in [0.1, 0.15) is 0 Å². The molecule has 0 heterocycles. The minimum Gasteiger partial charge on any atom is -0.368 e. The van der Waals surface area contributed by atoms with Crippen LogP contribution < -0.4 is 0 Å². The molecule has 3 atom stereocenters. The lowest BCUT2D eigenvalue weighted by Gasteiger charge is -2.28. The van der Waals surface area contributed by atoms with Crippen LogP contribution in [0.1, 0.15) is 40.5 Å². The molecule has 0 aromatic rings. The van der Waals surface area contributed by atoms with Crippen LogP contribution in [0.2, 0.25) is 0 Å². The zero-order chi connectivity index (χ0) is 12.9. The predicted octanol–water partition coefficient (Wildman–Crippen LogP) is 0.932. The van der Waals surface area contributed by atoms with Crippen molar-refractivity contribution in [2.24, 2.45) is 23.7 Å². The molecular weight excluding hydrogens is 208 g/mol. The summed E-state index contributed by atoms with van der Waals surface area (Å²) in [7, 11) is 0. The fourth-order valence-corrected chi connectivity index (χ4v) is 1.96. The van der Waals surface area contributed by atoms with Crippen LogP contribution in [0.4, 0.5) is 0 Å². The summed E-state index contributed by atoms with van der Waals surface area (Å²) in [6.07, 6.45) is -2.36. The van der Waals surface area contributed by atoms with E-state index in [0.717, 1.165) is 0 Å². The summed E-state index contributed by atoms with van der Waals surface area (Å²) >= 11 is 0. The van der Waals surface area contributed by atoms with E-state index >= 15 is 0 Å². The number of aliphatic hydroxyl groups excluding tert-OH is 2. The number of aliphatic hydroxyl groups is 4. The van der Waals surface area contributed by atoms with Crippen LogP contribution in [0.3, 0.4) is 0 Å². The predicted molar refractivity (Wildman–Crippen MR) is 62.3 cm³/mol. The summed E-state index contributed by atoms with van der Waals surface area (Å²) < 4.78 is 0. The molecule has 0 aliphatic heterocycles. The van der Waals surface area contributed by atoms with Crippen molar-refractivity contribution in [1.82, 2.24) is 0 Å². The molecule has 3 unspecified atom stereocenters. The van der Waals surface area contributed by atoms with Crippen molar-refractivity contribution in [3.05, 3.63) is 0 Å². The molecule has 0 spiro atoms. The maximum absolute atomic E-state index is 9.16. The van der Waals surface area contributed by atoms with Gasteiger partial charge in [0.15, 0.2) is 12.6 Å². The van der Waals surface area contributed by atoms with Gasteiger partial charge in [-0.05, 0) is 24.2 Å². The number of rotatable bonds is 7. The van der Waals surface area contributed by atoms with Gasteiger partial charge >= 0.3 is 0 Å². The summed E-state index contributed by atoms with van der Waals surface area (Å²) in [5.41, 5.74) is 0. The van der Waals surface area contributed by atoms with Gasteiger partial charge in [-0.3, -0.25) is 0 Å². The van der Waals surface area contributed by atoms with E-state index in [9.17, 15) is 0 Å². The molecule has 0 aliphatic carbocycles. The van der Waals surface area contributed by atoms with Crippen LogP contribution in [0.15, 0.2) is 0 Å². The summed E-state index contributed by atoms with van der Waals surface area (Å²) in [5.74, 6) is 0.851. The van der Waals surface area contributed by atoms with Crippen molar-refractivity contribution in [2.45, 2.75) is 53.1 Å². The Morgan fingerprint density at radius 2 is 1.31 bits per heavy atom. The Balaban J connectivity index is 4.28. The second kappa shape index (κ2) is 7.22. The van der Waals surface area contributed by atoms with E-state index in [-0.39, 0.29) is 6.42 Å². The van der Waals surface area contributed by atoms with Gasteiger partial charge in [-0.15, -0.1) is 0 Å². The Hall–Kier alpha value is -0.160. The van der Waals surface area contributed by atoms with E-state index in [1.54, 1.807) is 0 Å². The Morgan fingerprint density at radius 3 is 1.62 bits per heavy atom. The maximum Gasteiger partial charge on any atom is 0.154 e. The van der Waals surface area contributed by atoms with Crippen LogP contribution in [0, 0.1) is 23.7 Å². The molecule has 0 saturated carbocycles. The highest BCUT2D eigenvalue weighted by molar-refractivity contribution is 4.71. The molecule has 0 amide bonds. The summed E-state index contributed by atoms with van der Waals surface area (Å²) in [6, 6.07) is 0. The number of hydrogen-bond acceptors (Lipinski definition) is 4. The van der Waals surface area contributed by atoms with E-state index in [1.807, 2.05) is 0 Å². The van der Waals surface area contributed by atoms with Crippen molar-refractivity contribution in [3.63, 3.8) is 0 Å². The lowest BCUT2D eigenvalue weighted by Crippen LogP contribution is -2.28. The summed E-state index contributed by atoms with van der Waals surface area (Å²) in [4.78, 5) is 0. The molecule has 0 radical (unpaired) electrons. The van der Waals surface area contributed by atoms with E-state index < -0.39 is 18.5 Å². The fourth-order valence-electron chi connectivity index (χ4n) is 1.96. The minimum absolute atomic E-state index is 0.00677. The Kier molecular flexibility index (Phi) is 7.15. The molecule has 4 nitrogen and oxygen atoms in total. The van der Waals surface area contributed by atoms with Crippen LogP contribution >= 0.6 is 0 Å². The molecule has 98 valence electrons. The maximum atomic E-state index is 9.16. The highest BCUT2D eigenvalue weighted by Crippen LogP contribution is 2.28. The topological polar surface area (TPSA) is 80.9 Å². The molecule has 16 heavy (non-hydrogen) atoms. The highest BCUT2D eigenvalue weighted by Gasteiger charge is 2.25. The Bertz CT molecular complexity index is 180. The van der Waals surface area contributed by atoms with Crippen molar-refractivity contribution in [1.29, 1.82) is 0 Å². The van der Waals surface area contributed by atoms with Gasteiger partial charge in [0.05, 0.1) is 0 Å². The SMILES string of the molecule is CC(C)C(C)C(C)CC(CC(O)O)C(O)O.